The van der Waals surface area contributed by atoms with E-state index in [2.05, 4.69) is 230 Å². The molecule has 0 saturated carbocycles. The van der Waals surface area contributed by atoms with Crippen molar-refractivity contribution >= 4 is 32.8 Å². The van der Waals surface area contributed by atoms with Gasteiger partial charge in [0.25, 0.3) is 0 Å². The molecule has 12 rings (SSSR count). The van der Waals surface area contributed by atoms with Gasteiger partial charge in [0.15, 0.2) is 0 Å². The Morgan fingerprint density at radius 2 is 1.20 bits per heavy atom. The van der Waals surface area contributed by atoms with Crippen LogP contribution in [-0.2, 0) is 34.1 Å². The van der Waals surface area contributed by atoms with Crippen LogP contribution in [0, 0.1) is 6.33 Å². The average molecular weight is 930 g/mol. The van der Waals surface area contributed by atoms with Crippen molar-refractivity contribution in [3.63, 3.8) is 0 Å². The number of nitrogens with zero attached hydrogens (tertiary/aromatic N) is 5. The lowest BCUT2D eigenvalue weighted by atomic mass is 9.60. The van der Waals surface area contributed by atoms with Crippen molar-refractivity contribution in [1.82, 2.24) is 19.1 Å². The SMILES string of the molecule is C[n+]1[c-]n2c3c(cccc31)C1(c3ccc(Oc4cc5c(cc4-c4ccncc4)c4ccccc4n5-c4ccccn4)cc3-2)c2c(cc(C(C)(C)C)cc2C(C)(C)C)-c2cc(C(C)(C)C)cc(C(C)(C)C)c21. The highest BCUT2D eigenvalue weighted by atomic mass is 16.5. The Hall–Kier alpha value is -7.31. The molecule has 1 aliphatic carbocycles. The lowest BCUT2D eigenvalue weighted by molar-refractivity contribution is -0.649. The van der Waals surface area contributed by atoms with E-state index in [-0.39, 0.29) is 21.7 Å². The predicted molar refractivity (Wildman–Crippen MR) is 291 cm³/mol. The summed E-state index contributed by atoms with van der Waals surface area (Å²) in [6, 6.07) is 47.2. The van der Waals surface area contributed by atoms with Crippen molar-refractivity contribution in [2.75, 3.05) is 0 Å². The fourth-order valence-electron chi connectivity index (χ4n) is 11.9. The second kappa shape index (κ2) is 15.1. The number of rotatable bonds is 4. The summed E-state index contributed by atoms with van der Waals surface area (Å²) in [5, 5.41) is 2.27. The van der Waals surface area contributed by atoms with E-state index < -0.39 is 5.41 Å². The van der Waals surface area contributed by atoms with Gasteiger partial charge in [0.2, 0.25) is 6.33 Å². The summed E-state index contributed by atoms with van der Waals surface area (Å²) in [6.07, 6.45) is 9.37. The molecule has 0 unspecified atom stereocenters. The van der Waals surface area contributed by atoms with Crippen LogP contribution >= 0.6 is 0 Å². The number of ether oxygens (including phenoxy) is 1. The molecule has 2 aliphatic rings. The first-order valence-electron chi connectivity index (χ1n) is 25.2. The van der Waals surface area contributed by atoms with Crippen LogP contribution in [0.15, 0.2) is 146 Å². The van der Waals surface area contributed by atoms with E-state index >= 15 is 0 Å². The van der Waals surface area contributed by atoms with Crippen molar-refractivity contribution in [2.45, 2.75) is 110 Å². The number of aryl methyl sites for hydroxylation is 1. The van der Waals surface area contributed by atoms with Crippen molar-refractivity contribution in [2.24, 2.45) is 7.05 Å². The second-order valence-electron chi connectivity index (χ2n) is 24.2. The molecule has 1 aliphatic heterocycles. The summed E-state index contributed by atoms with van der Waals surface area (Å²) in [7, 11) is 2.13. The third kappa shape index (κ3) is 6.63. The number of benzene rings is 6. The minimum Gasteiger partial charge on any atom is -0.457 e. The summed E-state index contributed by atoms with van der Waals surface area (Å²) >= 11 is 0. The first-order chi connectivity index (χ1) is 33.7. The minimum atomic E-state index is -0.685. The average Bonchev–Trinajstić information content (AvgIpc) is 3.95. The van der Waals surface area contributed by atoms with E-state index in [1.165, 1.54) is 55.6 Å². The Morgan fingerprint density at radius 3 is 1.82 bits per heavy atom. The van der Waals surface area contributed by atoms with Crippen LogP contribution in [-0.4, -0.2) is 19.1 Å². The van der Waals surface area contributed by atoms with Crippen molar-refractivity contribution in [3.05, 3.63) is 197 Å². The van der Waals surface area contributed by atoms with Gasteiger partial charge >= 0.3 is 0 Å². The molecule has 10 aromatic rings. The highest BCUT2D eigenvalue weighted by molar-refractivity contribution is 6.11. The van der Waals surface area contributed by atoms with Gasteiger partial charge in [0.1, 0.15) is 17.3 Å². The molecule has 5 heterocycles. The zero-order valence-electron chi connectivity index (χ0n) is 43.5. The second-order valence-corrected chi connectivity index (χ2v) is 24.2. The largest absolute Gasteiger partial charge is 0.457 e. The third-order valence-corrected chi connectivity index (χ3v) is 15.4. The van der Waals surface area contributed by atoms with E-state index in [0.29, 0.717) is 0 Å². The Labute approximate surface area is 418 Å². The molecule has 6 nitrogen and oxygen atoms in total. The molecule has 354 valence electrons. The third-order valence-electron chi connectivity index (χ3n) is 15.4. The van der Waals surface area contributed by atoms with Crippen LogP contribution in [0.1, 0.15) is 128 Å². The standard InChI is InChI=1S/C65H63N5O/c1-61(2,3)40-31-46-47-32-41(62(4,5)6)34-51(64(10,11)12)59(47)65(58(46)50(33-40)63(7,8)9)48-25-24-42(35-55(48)69-38-68(13)53-22-18-20-49(65)60(53)69)71-56-37-54-45(36-44(56)39-26-29-66-30-27-39)43-19-14-15-21-52(43)70(54)57-23-16-17-28-67-57/h14-37H,1-13H3. The maximum atomic E-state index is 7.38. The number of pyridine rings is 2. The van der Waals surface area contributed by atoms with Crippen LogP contribution in [0.5, 0.6) is 11.5 Å². The van der Waals surface area contributed by atoms with Gasteiger partial charge in [0.05, 0.1) is 40.2 Å². The van der Waals surface area contributed by atoms with Crippen LogP contribution in [0.25, 0.3) is 66.6 Å². The summed E-state index contributed by atoms with van der Waals surface area (Å²) in [5.41, 5.74) is 19.7. The monoisotopic (exact) mass is 930 g/mol. The molecule has 0 amide bonds. The summed E-state index contributed by atoms with van der Waals surface area (Å²) in [4.78, 5) is 9.26. The molecule has 4 aromatic heterocycles. The summed E-state index contributed by atoms with van der Waals surface area (Å²) < 4.78 is 14.1. The number of para-hydroxylation sites is 2. The number of hydrogen-bond donors (Lipinski definition) is 0. The van der Waals surface area contributed by atoms with Crippen molar-refractivity contribution < 1.29 is 9.30 Å². The maximum absolute atomic E-state index is 7.38. The van der Waals surface area contributed by atoms with Gasteiger partial charge in [-0.2, -0.15) is 0 Å². The van der Waals surface area contributed by atoms with Crippen LogP contribution in [0.4, 0.5) is 0 Å². The quantitative estimate of drug-likeness (QED) is 0.130. The van der Waals surface area contributed by atoms with Crippen LogP contribution < -0.4 is 9.30 Å². The summed E-state index contributed by atoms with van der Waals surface area (Å²) in [6.45, 7) is 28.6. The Morgan fingerprint density at radius 1 is 0.549 bits per heavy atom. The van der Waals surface area contributed by atoms with Gasteiger partial charge in [-0.15, -0.1) is 0 Å². The number of fused-ring (bicyclic) bond motifs is 12. The minimum absolute atomic E-state index is 0.0717. The fraction of sp³-hybridized carbons (Fsp3) is 0.277. The molecular formula is C65H63N5O. The first kappa shape index (κ1) is 44.9. The van der Waals surface area contributed by atoms with Crippen molar-refractivity contribution in [1.29, 1.82) is 0 Å². The Bertz CT molecular complexity index is 3740. The maximum Gasteiger partial charge on any atom is 0.244 e. The van der Waals surface area contributed by atoms with Gasteiger partial charge in [-0.3, -0.25) is 9.55 Å². The molecular weight excluding hydrogens is 867 g/mol. The molecule has 6 heteroatoms. The molecule has 0 saturated heterocycles. The number of hydrogen-bond acceptors (Lipinski definition) is 3. The zero-order chi connectivity index (χ0) is 49.7. The lowest BCUT2D eigenvalue weighted by Crippen LogP contribution is -2.38. The molecule has 0 bridgehead atoms. The van der Waals surface area contributed by atoms with E-state index in [1.54, 1.807) is 0 Å². The van der Waals surface area contributed by atoms with E-state index in [1.807, 2.05) is 30.7 Å². The lowest BCUT2D eigenvalue weighted by Gasteiger charge is -2.45. The normalized spacial score (nSPS) is 14.1. The molecule has 0 radical (unpaired) electrons. The van der Waals surface area contributed by atoms with Gasteiger partial charge in [-0.1, -0.05) is 156 Å². The van der Waals surface area contributed by atoms with Gasteiger partial charge in [-0.25, -0.2) is 4.98 Å². The highest BCUT2D eigenvalue weighted by Gasteiger charge is 2.54. The van der Waals surface area contributed by atoms with Gasteiger partial charge in [0, 0.05) is 41.0 Å². The molecule has 0 fully saturated rings. The smallest absolute Gasteiger partial charge is 0.244 e. The fourth-order valence-corrected chi connectivity index (χ4v) is 11.9. The van der Waals surface area contributed by atoms with Gasteiger partial charge < -0.3 is 13.9 Å². The zero-order valence-corrected chi connectivity index (χ0v) is 43.5. The van der Waals surface area contributed by atoms with Crippen LogP contribution in [0.2, 0.25) is 0 Å². The topological polar surface area (TPSA) is 48.8 Å². The Kier molecular flexibility index (Phi) is 9.54. The van der Waals surface area contributed by atoms with Gasteiger partial charge in [-0.05, 0) is 131 Å². The highest BCUT2D eigenvalue weighted by Crippen LogP contribution is 2.65. The van der Waals surface area contributed by atoms with E-state index in [0.717, 1.165) is 67.0 Å². The molecule has 6 aromatic carbocycles. The van der Waals surface area contributed by atoms with Crippen LogP contribution in [0.3, 0.4) is 0 Å². The van der Waals surface area contributed by atoms with Crippen molar-refractivity contribution in [3.8, 4) is 45.3 Å². The summed E-state index contributed by atoms with van der Waals surface area (Å²) in [5.74, 6) is 2.33. The molecule has 0 atom stereocenters. The molecule has 1 spiro atoms. The molecule has 71 heavy (non-hydrogen) atoms. The number of imidazole rings is 1. The molecule has 0 N–H and O–H groups in total. The Balaban J connectivity index is 1.19. The van der Waals surface area contributed by atoms with E-state index in [9.17, 15) is 0 Å². The predicted octanol–water partition coefficient (Wildman–Crippen LogP) is 15.5. The first-order valence-corrected chi connectivity index (χ1v) is 25.2. The van der Waals surface area contributed by atoms with E-state index in [4.69, 9.17) is 9.72 Å². The number of aromatic nitrogens is 5.